The Labute approximate surface area is 619 Å². The number of phosphoric ester groups is 2. The van der Waals surface area contributed by atoms with Crippen LogP contribution in [-0.2, 0) is 65.4 Å². The highest BCUT2D eigenvalue weighted by Gasteiger charge is 2.30. The van der Waals surface area contributed by atoms with Crippen molar-refractivity contribution < 1.29 is 80.2 Å². The van der Waals surface area contributed by atoms with Gasteiger partial charge >= 0.3 is 39.5 Å². The molecular formula is C82H160O17P2. The van der Waals surface area contributed by atoms with Crippen molar-refractivity contribution in [3.05, 3.63) is 0 Å². The van der Waals surface area contributed by atoms with Crippen LogP contribution in [0.2, 0.25) is 0 Å². The van der Waals surface area contributed by atoms with Gasteiger partial charge in [0, 0.05) is 25.7 Å². The van der Waals surface area contributed by atoms with Crippen LogP contribution < -0.4 is 0 Å². The lowest BCUT2D eigenvalue weighted by atomic mass is 10.0. The maximum Gasteiger partial charge on any atom is 0.472 e. The zero-order chi connectivity index (χ0) is 74.4. The molecule has 0 heterocycles. The van der Waals surface area contributed by atoms with E-state index in [1.807, 2.05) is 0 Å². The van der Waals surface area contributed by atoms with E-state index in [2.05, 4.69) is 48.5 Å². The van der Waals surface area contributed by atoms with Gasteiger partial charge in [0.15, 0.2) is 12.2 Å². The van der Waals surface area contributed by atoms with Crippen LogP contribution in [0.3, 0.4) is 0 Å². The molecule has 0 aliphatic rings. The molecule has 0 aromatic rings. The predicted molar refractivity (Wildman–Crippen MR) is 414 cm³/mol. The molecule has 0 aliphatic carbocycles. The molecule has 17 nitrogen and oxygen atoms in total. The van der Waals surface area contributed by atoms with Crippen molar-refractivity contribution in [2.45, 2.75) is 446 Å². The van der Waals surface area contributed by atoms with Crippen molar-refractivity contribution in [2.24, 2.45) is 17.8 Å². The molecule has 0 spiro atoms. The Morgan fingerprint density at radius 1 is 0.267 bits per heavy atom. The van der Waals surface area contributed by atoms with Crippen molar-refractivity contribution in [3.63, 3.8) is 0 Å². The number of carbonyl (C=O) groups is 4. The van der Waals surface area contributed by atoms with Crippen LogP contribution in [0.15, 0.2) is 0 Å². The van der Waals surface area contributed by atoms with E-state index in [-0.39, 0.29) is 25.7 Å². The highest BCUT2D eigenvalue weighted by molar-refractivity contribution is 7.47. The van der Waals surface area contributed by atoms with Gasteiger partial charge in [0.05, 0.1) is 26.4 Å². The van der Waals surface area contributed by atoms with Crippen LogP contribution in [0, 0.1) is 17.8 Å². The van der Waals surface area contributed by atoms with Crippen molar-refractivity contribution >= 4 is 39.5 Å². The molecule has 0 aliphatic heterocycles. The Hall–Kier alpha value is -1.94. The second-order valence-electron chi connectivity index (χ2n) is 30.9. The zero-order valence-electron chi connectivity index (χ0n) is 66.4. The first-order chi connectivity index (χ1) is 48.7. The summed E-state index contributed by atoms with van der Waals surface area (Å²) in [5.74, 6) is 0.145. The largest absolute Gasteiger partial charge is 0.472 e. The quantitative estimate of drug-likeness (QED) is 0.0222. The predicted octanol–water partition coefficient (Wildman–Crippen LogP) is 24.5. The topological polar surface area (TPSA) is 237 Å². The summed E-state index contributed by atoms with van der Waals surface area (Å²) in [6.45, 7) is 11.9. The van der Waals surface area contributed by atoms with Crippen molar-refractivity contribution in [1.29, 1.82) is 0 Å². The minimum atomic E-state index is -4.96. The minimum Gasteiger partial charge on any atom is -0.462 e. The SMILES string of the molecule is CCCCCCCCCCCCCCCCCCCCCCC(=O)O[C@H](COC(=O)CCCCCCCCCCCCCCCC(C)C)COP(=O)(O)OC[C@@H](O)COP(=O)(O)OC[C@@H](COC(=O)CCCCCCCCC(C)C)OC(=O)CCCCCCCCCCCCCCCC(C)C. The molecule has 0 aromatic carbocycles. The molecule has 101 heavy (non-hydrogen) atoms. The first-order valence-electron chi connectivity index (χ1n) is 42.3. The fourth-order valence-corrected chi connectivity index (χ4v) is 14.2. The third-order valence-corrected chi connectivity index (χ3v) is 21.0. The van der Waals surface area contributed by atoms with Gasteiger partial charge in [-0.3, -0.25) is 37.3 Å². The third kappa shape index (κ3) is 76.1. The van der Waals surface area contributed by atoms with Gasteiger partial charge in [-0.1, -0.05) is 376 Å². The van der Waals surface area contributed by atoms with E-state index in [0.29, 0.717) is 31.6 Å². The molecule has 600 valence electrons. The van der Waals surface area contributed by atoms with E-state index in [9.17, 15) is 43.2 Å². The number of hydrogen-bond donors (Lipinski definition) is 3. The summed E-state index contributed by atoms with van der Waals surface area (Å²) in [6, 6.07) is 0. The fraction of sp³-hybridized carbons (Fsp3) is 0.951. The first-order valence-corrected chi connectivity index (χ1v) is 45.3. The second kappa shape index (κ2) is 72.3. The summed E-state index contributed by atoms with van der Waals surface area (Å²) in [7, 11) is -9.92. The van der Waals surface area contributed by atoms with Gasteiger partial charge in [0.25, 0.3) is 0 Å². The van der Waals surface area contributed by atoms with Gasteiger partial charge in [0.2, 0.25) is 0 Å². The van der Waals surface area contributed by atoms with E-state index in [1.54, 1.807) is 0 Å². The minimum absolute atomic E-state index is 0.106. The maximum atomic E-state index is 13.1. The molecule has 0 bridgehead atoms. The number of esters is 4. The van der Waals surface area contributed by atoms with E-state index < -0.39 is 97.5 Å². The second-order valence-corrected chi connectivity index (χ2v) is 33.8. The summed E-state index contributed by atoms with van der Waals surface area (Å²) in [4.78, 5) is 73.0. The van der Waals surface area contributed by atoms with Crippen molar-refractivity contribution in [1.82, 2.24) is 0 Å². The molecule has 3 N–H and O–H groups in total. The zero-order valence-corrected chi connectivity index (χ0v) is 68.2. The van der Waals surface area contributed by atoms with Crippen LogP contribution in [0.4, 0.5) is 0 Å². The number of phosphoric acid groups is 2. The Bertz CT molecular complexity index is 1960. The molecule has 0 radical (unpaired) electrons. The van der Waals surface area contributed by atoms with Gasteiger partial charge in [-0.25, -0.2) is 9.13 Å². The molecule has 0 saturated carbocycles. The Morgan fingerprint density at radius 3 is 0.673 bits per heavy atom. The number of unbranched alkanes of at least 4 members (excludes halogenated alkanes) is 48. The van der Waals surface area contributed by atoms with Gasteiger partial charge < -0.3 is 33.8 Å². The van der Waals surface area contributed by atoms with E-state index in [1.165, 1.54) is 231 Å². The standard InChI is InChI=1S/C82H160O17P2/c1-8-9-10-11-12-13-14-15-16-17-18-19-20-21-26-32-37-42-51-58-65-81(86)98-77(69-92-79(84)63-56-49-41-36-31-27-22-24-29-34-39-46-53-60-73(2)3)71-96-100(88,89)94-67-76(83)68-95-101(90,91)97-72-78(70-93-80(85)64-57-50-45-44-48-55-62-75(6)7)99-82(87)66-59-52-43-38-33-28-23-25-30-35-40-47-54-61-74(4)5/h73-78,83H,8-72H2,1-7H3,(H,88,89)(H,90,91)/t76-,77-,78-/m1/s1. The average molecular weight is 1480 g/mol. The van der Waals surface area contributed by atoms with E-state index in [4.69, 9.17) is 37.0 Å². The number of ether oxygens (including phenoxy) is 4. The van der Waals surface area contributed by atoms with Crippen molar-refractivity contribution in [2.75, 3.05) is 39.6 Å². The van der Waals surface area contributed by atoms with Gasteiger partial charge in [-0.2, -0.15) is 0 Å². The lowest BCUT2D eigenvalue weighted by Gasteiger charge is -2.21. The maximum absolute atomic E-state index is 13.1. The summed E-state index contributed by atoms with van der Waals surface area (Å²) < 4.78 is 68.7. The number of aliphatic hydroxyl groups excluding tert-OH is 1. The summed E-state index contributed by atoms with van der Waals surface area (Å²) >= 11 is 0. The number of aliphatic hydroxyl groups is 1. The first kappa shape index (κ1) is 99.1. The summed E-state index contributed by atoms with van der Waals surface area (Å²) in [6.07, 6.45) is 61.3. The molecule has 0 fully saturated rings. The van der Waals surface area contributed by atoms with Crippen LogP contribution in [-0.4, -0.2) is 96.7 Å². The molecule has 0 saturated heterocycles. The van der Waals surface area contributed by atoms with E-state index in [0.717, 1.165) is 108 Å². The molecular weight excluding hydrogens is 1320 g/mol. The van der Waals surface area contributed by atoms with Gasteiger partial charge in [-0.15, -0.1) is 0 Å². The highest BCUT2D eigenvalue weighted by atomic mass is 31.2. The number of carbonyl (C=O) groups excluding carboxylic acids is 4. The van der Waals surface area contributed by atoms with Crippen LogP contribution in [0.5, 0.6) is 0 Å². The Balaban J connectivity index is 5.22. The van der Waals surface area contributed by atoms with Crippen LogP contribution in [0.25, 0.3) is 0 Å². The fourth-order valence-electron chi connectivity index (χ4n) is 12.7. The molecule has 19 heteroatoms. The Kier molecular flexibility index (Phi) is 70.9. The number of hydrogen-bond acceptors (Lipinski definition) is 15. The molecule has 5 atom stereocenters. The number of rotatable bonds is 80. The Morgan fingerprint density at radius 2 is 0.455 bits per heavy atom. The third-order valence-electron chi connectivity index (χ3n) is 19.1. The monoisotopic (exact) mass is 1480 g/mol. The molecule has 0 rings (SSSR count). The lowest BCUT2D eigenvalue weighted by molar-refractivity contribution is -0.161. The summed E-state index contributed by atoms with van der Waals surface area (Å²) in [5, 5.41) is 10.6. The normalized spacial score (nSPS) is 14.0. The van der Waals surface area contributed by atoms with Crippen LogP contribution >= 0.6 is 15.6 Å². The van der Waals surface area contributed by atoms with Gasteiger partial charge in [0.1, 0.15) is 19.3 Å². The molecule has 2 unspecified atom stereocenters. The highest BCUT2D eigenvalue weighted by Crippen LogP contribution is 2.45. The van der Waals surface area contributed by atoms with Crippen LogP contribution in [0.1, 0.15) is 427 Å². The average Bonchev–Trinajstić information content (AvgIpc) is 0.931. The van der Waals surface area contributed by atoms with E-state index >= 15 is 0 Å². The molecule has 0 amide bonds. The smallest absolute Gasteiger partial charge is 0.462 e. The van der Waals surface area contributed by atoms with Gasteiger partial charge in [-0.05, 0) is 43.4 Å². The molecule has 0 aromatic heterocycles. The lowest BCUT2D eigenvalue weighted by Crippen LogP contribution is -2.30. The summed E-state index contributed by atoms with van der Waals surface area (Å²) in [5.41, 5.74) is 0. The van der Waals surface area contributed by atoms with Crippen molar-refractivity contribution in [3.8, 4) is 0 Å².